The number of benzene rings is 1. The average molecular weight is 280 g/mol. The molecule has 1 aromatic rings. The molecule has 19 heavy (non-hydrogen) atoms. The third-order valence-corrected chi connectivity index (χ3v) is 5.04. The third-order valence-electron chi connectivity index (χ3n) is 3.07. The molecule has 4 nitrogen and oxygen atoms in total. The summed E-state index contributed by atoms with van der Waals surface area (Å²) in [6.07, 6.45) is 0.799. The van der Waals surface area contributed by atoms with Crippen LogP contribution in [0.5, 0.6) is 0 Å². The van der Waals surface area contributed by atoms with Crippen LogP contribution in [0.2, 0.25) is 0 Å². The van der Waals surface area contributed by atoms with E-state index < -0.39 is 10.0 Å². The van der Waals surface area contributed by atoms with Crippen LogP contribution in [0, 0.1) is 17.2 Å². The van der Waals surface area contributed by atoms with Crippen molar-refractivity contribution in [3.63, 3.8) is 0 Å². The predicted octanol–water partition coefficient (Wildman–Crippen LogP) is 2.61. The van der Waals surface area contributed by atoms with Gasteiger partial charge in [0, 0.05) is 13.1 Å². The second-order valence-corrected chi connectivity index (χ2v) is 7.14. The van der Waals surface area contributed by atoms with Crippen LogP contribution >= 0.6 is 0 Å². The van der Waals surface area contributed by atoms with E-state index in [1.165, 1.54) is 16.4 Å². The maximum absolute atomic E-state index is 12.4. The SMILES string of the molecule is CC(C)CC(C)N(C)S(=O)(=O)c1cccc(C#N)c1. The minimum Gasteiger partial charge on any atom is -0.207 e. The van der Waals surface area contributed by atoms with Crippen LogP contribution in [0.1, 0.15) is 32.8 Å². The Morgan fingerprint density at radius 1 is 1.32 bits per heavy atom. The Labute approximate surface area is 115 Å². The molecule has 0 amide bonds. The molecule has 5 heteroatoms. The Morgan fingerprint density at radius 2 is 1.95 bits per heavy atom. The lowest BCUT2D eigenvalue weighted by Gasteiger charge is -2.25. The van der Waals surface area contributed by atoms with Crippen molar-refractivity contribution in [1.82, 2.24) is 4.31 Å². The van der Waals surface area contributed by atoms with Gasteiger partial charge in [-0.25, -0.2) is 8.42 Å². The van der Waals surface area contributed by atoms with Gasteiger partial charge in [-0.3, -0.25) is 0 Å². The van der Waals surface area contributed by atoms with Crippen LogP contribution in [-0.4, -0.2) is 25.8 Å². The lowest BCUT2D eigenvalue weighted by molar-refractivity contribution is 0.338. The highest BCUT2D eigenvalue weighted by Gasteiger charge is 2.25. The number of nitriles is 1. The van der Waals surface area contributed by atoms with Gasteiger partial charge in [0.1, 0.15) is 0 Å². The smallest absolute Gasteiger partial charge is 0.207 e. The summed E-state index contributed by atoms with van der Waals surface area (Å²) in [5.74, 6) is 0.429. The molecule has 0 N–H and O–H groups in total. The van der Waals surface area contributed by atoms with Gasteiger partial charge >= 0.3 is 0 Å². The van der Waals surface area contributed by atoms with Crippen molar-refractivity contribution in [2.24, 2.45) is 5.92 Å². The van der Waals surface area contributed by atoms with E-state index in [0.29, 0.717) is 11.5 Å². The van der Waals surface area contributed by atoms with Crippen molar-refractivity contribution in [3.8, 4) is 6.07 Å². The number of nitrogens with zero attached hydrogens (tertiary/aromatic N) is 2. The summed E-state index contributed by atoms with van der Waals surface area (Å²) in [6, 6.07) is 8.00. The molecular weight excluding hydrogens is 260 g/mol. The summed E-state index contributed by atoms with van der Waals surface area (Å²) < 4.78 is 26.3. The first-order valence-electron chi connectivity index (χ1n) is 6.27. The zero-order valence-corrected chi connectivity index (χ0v) is 12.6. The lowest BCUT2D eigenvalue weighted by atomic mass is 10.1. The van der Waals surface area contributed by atoms with Crippen LogP contribution in [0.3, 0.4) is 0 Å². The first kappa shape index (κ1) is 15.7. The zero-order valence-electron chi connectivity index (χ0n) is 11.8. The zero-order chi connectivity index (χ0) is 14.6. The van der Waals surface area contributed by atoms with Gasteiger partial charge < -0.3 is 0 Å². The van der Waals surface area contributed by atoms with E-state index in [1.54, 1.807) is 19.2 Å². The van der Waals surface area contributed by atoms with E-state index in [4.69, 9.17) is 5.26 Å². The summed E-state index contributed by atoms with van der Waals surface area (Å²) >= 11 is 0. The molecule has 0 aliphatic carbocycles. The molecule has 0 spiro atoms. The molecule has 1 rings (SSSR count). The average Bonchev–Trinajstić information content (AvgIpc) is 2.37. The van der Waals surface area contributed by atoms with Crippen molar-refractivity contribution >= 4 is 10.0 Å². The quantitative estimate of drug-likeness (QED) is 0.833. The Balaban J connectivity index is 3.06. The van der Waals surface area contributed by atoms with Crippen LogP contribution < -0.4 is 0 Å². The summed E-state index contributed by atoms with van der Waals surface area (Å²) in [6.45, 7) is 6.02. The monoisotopic (exact) mass is 280 g/mol. The molecule has 0 bridgehead atoms. The predicted molar refractivity (Wildman–Crippen MR) is 75.0 cm³/mol. The number of rotatable bonds is 5. The fourth-order valence-corrected chi connectivity index (χ4v) is 3.38. The summed E-state index contributed by atoms with van der Waals surface area (Å²) in [5.41, 5.74) is 0.353. The van der Waals surface area contributed by atoms with Crippen molar-refractivity contribution in [2.45, 2.75) is 38.1 Å². The first-order valence-corrected chi connectivity index (χ1v) is 7.71. The molecule has 104 valence electrons. The topological polar surface area (TPSA) is 61.2 Å². The molecule has 0 aliphatic rings. The van der Waals surface area contributed by atoms with Crippen LogP contribution in [0.25, 0.3) is 0 Å². The standard InChI is InChI=1S/C14H20N2O2S/c1-11(2)8-12(3)16(4)19(17,18)14-7-5-6-13(9-14)10-15/h5-7,9,11-12H,8H2,1-4H3. The Kier molecular flexibility index (Phi) is 5.10. The minimum atomic E-state index is -3.53. The van der Waals surface area contributed by atoms with E-state index in [0.717, 1.165) is 6.42 Å². The van der Waals surface area contributed by atoms with Crippen molar-refractivity contribution < 1.29 is 8.42 Å². The maximum atomic E-state index is 12.4. The first-order chi connectivity index (χ1) is 8.78. The second kappa shape index (κ2) is 6.18. The van der Waals surface area contributed by atoms with Crippen molar-refractivity contribution in [2.75, 3.05) is 7.05 Å². The molecule has 0 fully saturated rings. The largest absolute Gasteiger partial charge is 0.243 e. The van der Waals surface area contributed by atoms with Crippen LogP contribution in [0.4, 0.5) is 0 Å². The highest BCUT2D eigenvalue weighted by molar-refractivity contribution is 7.89. The fraction of sp³-hybridized carbons (Fsp3) is 0.500. The molecule has 0 saturated heterocycles. The molecule has 0 radical (unpaired) electrons. The van der Waals surface area contributed by atoms with E-state index in [2.05, 4.69) is 13.8 Å². The Bertz CT molecular complexity index is 573. The molecule has 1 aromatic carbocycles. The third kappa shape index (κ3) is 3.79. The summed E-state index contributed by atoms with van der Waals surface area (Å²) in [5, 5.41) is 8.84. The van der Waals surface area contributed by atoms with Gasteiger partial charge in [0.05, 0.1) is 16.5 Å². The van der Waals surface area contributed by atoms with Gasteiger partial charge in [0.2, 0.25) is 10.0 Å². The molecule has 0 aromatic heterocycles. The van der Waals surface area contributed by atoms with Gasteiger partial charge in [-0.05, 0) is 37.5 Å². The highest BCUT2D eigenvalue weighted by Crippen LogP contribution is 2.20. The highest BCUT2D eigenvalue weighted by atomic mass is 32.2. The minimum absolute atomic E-state index is 0.0734. The Hall–Kier alpha value is -1.38. The number of sulfonamides is 1. The lowest BCUT2D eigenvalue weighted by Crippen LogP contribution is -2.35. The molecule has 0 saturated carbocycles. The van der Waals surface area contributed by atoms with Gasteiger partial charge in [-0.15, -0.1) is 0 Å². The van der Waals surface area contributed by atoms with E-state index >= 15 is 0 Å². The van der Waals surface area contributed by atoms with Crippen LogP contribution in [0.15, 0.2) is 29.2 Å². The fourth-order valence-electron chi connectivity index (χ4n) is 1.96. The molecule has 1 atom stereocenters. The van der Waals surface area contributed by atoms with Gasteiger partial charge in [0.25, 0.3) is 0 Å². The molecule has 1 unspecified atom stereocenters. The normalized spacial score (nSPS) is 13.5. The Morgan fingerprint density at radius 3 is 2.47 bits per heavy atom. The summed E-state index contributed by atoms with van der Waals surface area (Å²) in [7, 11) is -1.95. The van der Waals surface area contributed by atoms with Crippen molar-refractivity contribution in [3.05, 3.63) is 29.8 Å². The molecule has 0 aliphatic heterocycles. The van der Waals surface area contributed by atoms with E-state index in [1.807, 2.05) is 13.0 Å². The van der Waals surface area contributed by atoms with Crippen LogP contribution in [-0.2, 0) is 10.0 Å². The second-order valence-electron chi connectivity index (χ2n) is 5.14. The number of hydrogen-bond donors (Lipinski definition) is 0. The number of hydrogen-bond acceptors (Lipinski definition) is 3. The van der Waals surface area contributed by atoms with Crippen molar-refractivity contribution in [1.29, 1.82) is 5.26 Å². The molecular formula is C14H20N2O2S. The van der Waals surface area contributed by atoms with E-state index in [9.17, 15) is 8.42 Å². The van der Waals surface area contributed by atoms with Gasteiger partial charge in [-0.1, -0.05) is 19.9 Å². The summed E-state index contributed by atoms with van der Waals surface area (Å²) in [4.78, 5) is 0.171. The van der Waals surface area contributed by atoms with Gasteiger partial charge in [0.15, 0.2) is 0 Å². The van der Waals surface area contributed by atoms with Gasteiger partial charge in [-0.2, -0.15) is 9.57 Å². The van der Waals surface area contributed by atoms with E-state index in [-0.39, 0.29) is 10.9 Å². The molecule has 0 heterocycles. The maximum Gasteiger partial charge on any atom is 0.243 e.